The minimum atomic E-state index is -0.998. The summed E-state index contributed by atoms with van der Waals surface area (Å²) >= 11 is 3.15. The number of rotatable bonds is 4. The van der Waals surface area contributed by atoms with Crippen LogP contribution in [-0.2, 0) is 5.75 Å². The summed E-state index contributed by atoms with van der Waals surface area (Å²) in [6.07, 6.45) is 0. The number of carbonyl (C=O) groups is 1. The molecular formula is C11H10N2O2S2. The number of thioether (sulfide) groups is 1. The van der Waals surface area contributed by atoms with Gasteiger partial charge in [-0.05, 0) is 19.1 Å². The van der Waals surface area contributed by atoms with Crippen LogP contribution in [0.4, 0.5) is 0 Å². The van der Waals surface area contributed by atoms with Crippen LogP contribution in [0.15, 0.2) is 27.9 Å². The first-order valence-corrected chi connectivity index (χ1v) is 6.76. The molecule has 0 unspecified atom stereocenters. The van der Waals surface area contributed by atoms with E-state index in [0.717, 1.165) is 15.7 Å². The van der Waals surface area contributed by atoms with Crippen molar-refractivity contribution in [1.82, 2.24) is 9.97 Å². The average molecular weight is 266 g/mol. The van der Waals surface area contributed by atoms with Crippen LogP contribution >= 0.6 is 23.1 Å². The van der Waals surface area contributed by atoms with Crippen LogP contribution in [0.2, 0.25) is 0 Å². The number of aromatic carboxylic acids is 1. The van der Waals surface area contributed by atoms with Gasteiger partial charge in [0.05, 0.1) is 5.69 Å². The monoisotopic (exact) mass is 266 g/mol. The maximum atomic E-state index is 10.8. The highest BCUT2D eigenvalue weighted by Crippen LogP contribution is 2.25. The van der Waals surface area contributed by atoms with E-state index in [1.54, 1.807) is 29.2 Å². The highest BCUT2D eigenvalue weighted by atomic mass is 32.2. The second-order valence-electron chi connectivity index (χ2n) is 3.36. The molecule has 0 aliphatic heterocycles. The Hall–Kier alpha value is -1.40. The lowest BCUT2D eigenvalue weighted by Crippen LogP contribution is -2.01. The fourth-order valence-electron chi connectivity index (χ4n) is 1.21. The van der Waals surface area contributed by atoms with Gasteiger partial charge in [-0.1, -0.05) is 17.8 Å². The molecule has 0 aliphatic carbocycles. The predicted molar refractivity (Wildman–Crippen MR) is 67.6 cm³/mol. The minimum Gasteiger partial charge on any atom is -0.477 e. The van der Waals surface area contributed by atoms with Crippen molar-refractivity contribution >= 4 is 29.1 Å². The number of hydrogen-bond acceptors (Lipinski definition) is 5. The molecule has 2 aromatic heterocycles. The van der Waals surface area contributed by atoms with Crippen LogP contribution in [0.1, 0.15) is 21.9 Å². The molecule has 0 aliphatic rings. The number of carboxylic acids is 1. The number of thiazole rings is 1. The topological polar surface area (TPSA) is 63.1 Å². The van der Waals surface area contributed by atoms with Crippen molar-refractivity contribution in [2.45, 2.75) is 17.0 Å². The van der Waals surface area contributed by atoms with Crippen LogP contribution in [0.3, 0.4) is 0 Å². The fourth-order valence-corrected chi connectivity index (χ4v) is 2.97. The molecule has 2 rings (SSSR count). The largest absolute Gasteiger partial charge is 0.477 e. The predicted octanol–water partition coefficient (Wildman–Crippen LogP) is 2.84. The number of nitrogens with zero attached hydrogens (tertiary/aromatic N) is 2. The summed E-state index contributed by atoms with van der Waals surface area (Å²) in [6, 6.07) is 5.02. The second kappa shape index (κ2) is 5.29. The third-order valence-corrected chi connectivity index (χ3v) is 4.14. The van der Waals surface area contributed by atoms with Crippen LogP contribution in [0, 0.1) is 6.92 Å². The molecule has 2 heterocycles. The van der Waals surface area contributed by atoms with Gasteiger partial charge in [0.2, 0.25) is 0 Å². The molecule has 0 saturated heterocycles. The third kappa shape index (κ3) is 3.28. The summed E-state index contributed by atoms with van der Waals surface area (Å²) in [4.78, 5) is 19.1. The Labute approximate surface area is 107 Å². The van der Waals surface area contributed by atoms with Crippen molar-refractivity contribution in [3.8, 4) is 0 Å². The Morgan fingerprint density at radius 1 is 1.47 bits per heavy atom. The molecule has 0 spiro atoms. The SMILES string of the molecule is Cc1csc(SCc2cccc(C(=O)O)n2)n1. The lowest BCUT2D eigenvalue weighted by Gasteiger charge is -1.99. The van der Waals surface area contributed by atoms with Crippen LogP contribution in [-0.4, -0.2) is 21.0 Å². The van der Waals surface area contributed by atoms with Gasteiger partial charge in [-0.3, -0.25) is 0 Å². The van der Waals surface area contributed by atoms with E-state index in [0.29, 0.717) is 5.75 Å². The van der Waals surface area contributed by atoms with Crippen molar-refractivity contribution in [1.29, 1.82) is 0 Å². The zero-order valence-corrected chi connectivity index (χ0v) is 10.7. The van der Waals surface area contributed by atoms with Crippen molar-refractivity contribution in [2.24, 2.45) is 0 Å². The number of hydrogen-bond donors (Lipinski definition) is 1. The highest BCUT2D eigenvalue weighted by molar-refractivity contribution is 8.00. The van der Waals surface area contributed by atoms with Crippen molar-refractivity contribution in [3.05, 3.63) is 40.7 Å². The first-order chi connectivity index (χ1) is 8.15. The summed E-state index contributed by atoms with van der Waals surface area (Å²) in [5, 5.41) is 10.8. The number of pyridine rings is 1. The standard InChI is InChI=1S/C11H10N2O2S2/c1-7-5-16-11(12-7)17-6-8-3-2-4-9(13-8)10(14)15/h2-5H,6H2,1H3,(H,14,15). The van der Waals surface area contributed by atoms with Gasteiger partial charge in [-0.25, -0.2) is 14.8 Å². The molecular weight excluding hydrogens is 256 g/mol. The molecule has 0 saturated carbocycles. The first kappa shape index (κ1) is 12.1. The Morgan fingerprint density at radius 2 is 2.29 bits per heavy atom. The third-order valence-electron chi connectivity index (χ3n) is 1.97. The summed E-state index contributed by atoms with van der Waals surface area (Å²) in [6.45, 7) is 1.95. The first-order valence-electron chi connectivity index (χ1n) is 4.89. The van der Waals surface area contributed by atoms with Gasteiger partial charge < -0.3 is 5.11 Å². The number of carboxylic acid groups (broad SMARTS) is 1. The lowest BCUT2D eigenvalue weighted by molar-refractivity contribution is 0.0690. The molecule has 0 fully saturated rings. The Bertz CT molecular complexity index is 540. The van der Waals surface area contributed by atoms with Gasteiger partial charge >= 0.3 is 5.97 Å². The zero-order valence-electron chi connectivity index (χ0n) is 9.08. The van der Waals surface area contributed by atoms with Crippen LogP contribution in [0.25, 0.3) is 0 Å². The molecule has 0 amide bonds. The Morgan fingerprint density at radius 3 is 2.94 bits per heavy atom. The highest BCUT2D eigenvalue weighted by Gasteiger charge is 2.06. The number of aryl methyl sites for hydroxylation is 1. The van der Waals surface area contributed by atoms with Gasteiger partial charge in [0.25, 0.3) is 0 Å². The molecule has 0 atom stereocenters. The molecule has 0 aromatic carbocycles. The molecule has 0 radical (unpaired) electrons. The second-order valence-corrected chi connectivity index (χ2v) is 5.44. The van der Waals surface area contributed by atoms with Crippen LogP contribution in [0.5, 0.6) is 0 Å². The molecule has 6 heteroatoms. The molecule has 0 bridgehead atoms. The van der Waals surface area contributed by atoms with E-state index in [4.69, 9.17) is 5.11 Å². The van der Waals surface area contributed by atoms with Gasteiger partial charge in [0.15, 0.2) is 0 Å². The molecule has 1 N–H and O–H groups in total. The summed E-state index contributed by atoms with van der Waals surface area (Å²) in [7, 11) is 0. The van der Waals surface area contributed by atoms with Crippen LogP contribution < -0.4 is 0 Å². The molecule has 2 aromatic rings. The van der Waals surface area contributed by atoms with E-state index in [-0.39, 0.29) is 5.69 Å². The maximum Gasteiger partial charge on any atom is 0.354 e. The van der Waals surface area contributed by atoms with E-state index in [9.17, 15) is 4.79 Å². The number of aromatic nitrogens is 2. The summed E-state index contributed by atoms with van der Waals surface area (Å²) in [5.74, 6) is -0.365. The Balaban J connectivity index is 2.04. The van der Waals surface area contributed by atoms with Crippen molar-refractivity contribution < 1.29 is 9.90 Å². The molecule has 88 valence electrons. The van der Waals surface area contributed by atoms with Gasteiger partial charge in [-0.15, -0.1) is 11.3 Å². The summed E-state index contributed by atoms with van der Waals surface area (Å²) < 4.78 is 0.977. The molecule has 4 nitrogen and oxygen atoms in total. The zero-order chi connectivity index (χ0) is 12.3. The van der Waals surface area contributed by atoms with Gasteiger partial charge in [-0.2, -0.15) is 0 Å². The van der Waals surface area contributed by atoms with E-state index < -0.39 is 5.97 Å². The maximum absolute atomic E-state index is 10.8. The summed E-state index contributed by atoms with van der Waals surface area (Å²) in [5.41, 5.74) is 1.84. The quantitative estimate of drug-likeness (QED) is 0.862. The van der Waals surface area contributed by atoms with Crippen molar-refractivity contribution in [2.75, 3.05) is 0 Å². The average Bonchev–Trinajstić information content (AvgIpc) is 2.73. The van der Waals surface area contributed by atoms with E-state index in [1.165, 1.54) is 6.07 Å². The van der Waals surface area contributed by atoms with E-state index in [2.05, 4.69) is 9.97 Å². The Kier molecular flexibility index (Phi) is 3.75. The van der Waals surface area contributed by atoms with Gasteiger partial charge in [0, 0.05) is 16.8 Å². The minimum absolute atomic E-state index is 0.0819. The fraction of sp³-hybridized carbons (Fsp3) is 0.182. The lowest BCUT2D eigenvalue weighted by atomic mass is 10.3. The van der Waals surface area contributed by atoms with Crippen molar-refractivity contribution in [3.63, 3.8) is 0 Å². The molecule has 17 heavy (non-hydrogen) atoms. The van der Waals surface area contributed by atoms with E-state index in [1.807, 2.05) is 18.4 Å². The normalized spacial score (nSPS) is 10.4. The smallest absolute Gasteiger partial charge is 0.354 e. The van der Waals surface area contributed by atoms with E-state index >= 15 is 0 Å². The van der Waals surface area contributed by atoms with Gasteiger partial charge in [0.1, 0.15) is 10.0 Å².